The number of nitrogens with zero attached hydrogens (tertiary/aromatic N) is 3. The van der Waals surface area contributed by atoms with E-state index in [0.717, 1.165) is 18.2 Å². The number of hydrogen-bond donors (Lipinski definition) is 3. The number of amides is 4. The number of thioether (sulfide) groups is 1. The van der Waals surface area contributed by atoms with Crippen LogP contribution in [0.5, 0.6) is 0 Å². The van der Waals surface area contributed by atoms with Gasteiger partial charge in [0, 0.05) is 68.5 Å². The number of carbonyl (C=O) groups excluding carboxylic acids is 4. The van der Waals surface area contributed by atoms with E-state index in [-0.39, 0.29) is 53.7 Å². The number of halogens is 3. The number of alkyl halides is 1. The fourth-order valence-electron chi connectivity index (χ4n) is 5.80. The van der Waals surface area contributed by atoms with Crippen LogP contribution in [0.25, 0.3) is 11.3 Å². The molecule has 3 heterocycles. The lowest BCUT2D eigenvalue weighted by molar-refractivity contribution is -0.137. The Morgan fingerprint density at radius 1 is 1.13 bits per heavy atom. The van der Waals surface area contributed by atoms with Crippen molar-refractivity contribution in [3.05, 3.63) is 54.0 Å². The monoisotopic (exact) mass is 676 g/mol. The number of hydrogen-bond acceptors (Lipinski definition) is 7. The van der Waals surface area contributed by atoms with E-state index in [1.165, 1.54) is 35.0 Å². The van der Waals surface area contributed by atoms with Gasteiger partial charge < -0.3 is 20.5 Å². The Morgan fingerprint density at radius 3 is 2.55 bits per heavy atom. The van der Waals surface area contributed by atoms with Crippen molar-refractivity contribution in [1.29, 1.82) is 0 Å². The first-order valence-electron chi connectivity index (χ1n) is 15.9. The highest BCUT2D eigenvalue weighted by molar-refractivity contribution is 7.99. The highest BCUT2D eigenvalue weighted by Gasteiger charge is 2.40. The molecule has 0 aliphatic carbocycles. The maximum absolute atomic E-state index is 14.8. The summed E-state index contributed by atoms with van der Waals surface area (Å²) in [5.74, 6) is -1.63. The second-order valence-electron chi connectivity index (χ2n) is 12.9. The smallest absolute Gasteiger partial charge is 0.253 e. The molecule has 2 aliphatic heterocycles. The molecule has 3 atom stereocenters. The summed E-state index contributed by atoms with van der Waals surface area (Å²) in [7, 11) is 0. The largest absolute Gasteiger partial charge is 0.355 e. The van der Waals surface area contributed by atoms with Gasteiger partial charge in [0.05, 0.1) is 23.7 Å². The first-order valence-corrected chi connectivity index (χ1v) is 17.0. The highest BCUT2D eigenvalue weighted by Crippen LogP contribution is 2.39. The zero-order valence-electron chi connectivity index (χ0n) is 27.0. The average Bonchev–Trinajstić information content (AvgIpc) is 3.74. The van der Waals surface area contributed by atoms with Gasteiger partial charge in [0.1, 0.15) is 23.6 Å². The first-order chi connectivity index (χ1) is 22.3. The second kappa shape index (κ2) is 16.4. The summed E-state index contributed by atoms with van der Waals surface area (Å²) in [6, 6.07) is 2.53. The van der Waals surface area contributed by atoms with Crippen LogP contribution in [0, 0.1) is 23.0 Å². The van der Waals surface area contributed by atoms with Crippen LogP contribution in [0.4, 0.5) is 13.2 Å². The zero-order chi connectivity index (χ0) is 34.1. The Bertz CT molecular complexity index is 1440. The molecular weight excluding hydrogens is 633 g/mol. The van der Waals surface area contributed by atoms with Gasteiger partial charge in [-0.2, -0.15) is 11.8 Å². The van der Waals surface area contributed by atoms with Crippen molar-refractivity contribution >= 4 is 35.4 Å². The third-order valence-corrected chi connectivity index (χ3v) is 9.14. The van der Waals surface area contributed by atoms with Gasteiger partial charge in [-0.15, -0.1) is 0 Å². The molecule has 4 amide bonds. The van der Waals surface area contributed by atoms with Crippen molar-refractivity contribution < 1.29 is 32.3 Å². The standard InChI is InChI=1S/C33H43F3N6O4S/c1-33(2,3)31(32-39-18-26(40-32)23-15-22(34)8-9-24(23)35)42(19-21-16-37-17-25(21)36)30(46)20-47-14-12-38-27(43)7-5-4-6-13-41-28(44)10-11-29(41)45/h8-11,15,18,21,25,31,37H,4-7,12-14,16-17,19-20H2,1-3H3,(H,38,43)(H,39,40). The van der Waals surface area contributed by atoms with Crippen LogP contribution in [0.3, 0.4) is 0 Å². The summed E-state index contributed by atoms with van der Waals surface area (Å²) in [6.45, 7) is 7.29. The summed E-state index contributed by atoms with van der Waals surface area (Å²) in [5.41, 5.74) is -0.273. The van der Waals surface area contributed by atoms with E-state index < -0.39 is 35.2 Å². The molecule has 1 saturated heterocycles. The van der Waals surface area contributed by atoms with Crippen molar-refractivity contribution in [1.82, 2.24) is 30.4 Å². The van der Waals surface area contributed by atoms with Gasteiger partial charge in [0.25, 0.3) is 11.8 Å². The minimum atomic E-state index is -1.12. The molecule has 0 radical (unpaired) electrons. The fourth-order valence-corrected chi connectivity index (χ4v) is 6.53. The topological polar surface area (TPSA) is 128 Å². The van der Waals surface area contributed by atoms with Crippen LogP contribution in [0.2, 0.25) is 0 Å². The van der Waals surface area contributed by atoms with Crippen molar-refractivity contribution in [2.24, 2.45) is 11.3 Å². The zero-order valence-corrected chi connectivity index (χ0v) is 27.8. The summed E-state index contributed by atoms with van der Waals surface area (Å²) in [4.78, 5) is 59.7. The molecule has 0 bridgehead atoms. The number of unbranched alkanes of at least 4 members (excludes halogenated alkanes) is 2. The lowest BCUT2D eigenvalue weighted by atomic mass is 9.84. The molecule has 2 aromatic rings. The van der Waals surface area contributed by atoms with Crippen molar-refractivity contribution in [3.63, 3.8) is 0 Å². The van der Waals surface area contributed by atoms with Crippen LogP contribution in [-0.4, -0.2) is 93.8 Å². The number of imide groups is 1. The van der Waals surface area contributed by atoms with E-state index in [0.29, 0.717) is 56.9 Å². The summed E-state index contributed by atoms with van der Waals surface area (Å²) < 4.78 is 43.2. The van der Waals surface area contributed by atoms with Gasteiger partial charge in [-0.1, -0.05) is 27.2 Å². The molecule has 2 aliphatic rings. The van der Waals surface area contributed by atoms with E-state index >= 15 is 0 Å². The Labute approximate surface area is 277 Å². The van der Waals surface area contributed by atoms with Crippen LogP contribution >= 0.6 is 11.8 Å². The van der Waals surface area contributed by atoms with Crippen molar-refractivity contribution in [2.75, 3.05) is 44.2 Å². The number of carbonyl (C=O) groups is 4. The molecule has 3 unspecified atom stereocenters. The number of aromatic nitrogens is 2. The molecule has 256 valence electrons. The quantitative estimate of drug-likeness (QED) is 0.180. The Balaban J connectivity index is 1.31. The number of imidazole rings is 1. The summed E-state index contributed by atoms with van der Waals surface area (Å²) in [6.07, 6.45) is 5.05. The molecule has 1 aromatic carbocycles. The van der Waals surface area contributed by atoms with Gasteiger partial charge in [0.15, 0.2) is 0 Å². The minimum absolute atomic E-state index is 0.0170. The van der Waals surface area contributed by atoms with Crippen molar-refractivity contribution in [2.45, 2.75) is 58.7 Å². The van der Waals surface area contributed by atoms with Gasteiger partial charge in [-0.25, -0.2) is 18.2 Å². The maximum atomic E-state index is 14.8. The molecular formula is C33H43F3N6O4S. The molecule has 0 saturated carbocycles. The van der Waals surface area contributed by atoms with Crippen LogP contribution in [-0.2, 0) is 19.2 Å². The predicted octanol–water partition coefficient (Wildman–Crippen LogP) is 4.16. The van der Waals surface area contributed by atoms with E-state index in [4.69, 9.17) is 0 Å². The van der Waals surface area contributed by atoms with Gasteiger partial charge in [-0.3, -0.25) is 24.1 Å². The SMILES string of the molecule is CC(C)(C)C(c1ncc(-c2cc(F)ccc2F)[nH]1)N(CC1CNCC1F)C(=O)CSCCNC(=O)CCCCCN1C(=O)C=CC1=O. The maximum Gasteiger partial charge on any atom is 0.253 e. The van der Waals surface area contributed by atoms with Gasteiger partial charge >= 0.3 is 0 Å². The lowest BCUT2D eigenvalue weighted by Crippen LogP contribution is -2.46. The van der Waals surface area contributed by atoms with E-state index in [2.05, 4.69) is 20.6 Å². The molecule has 0 spiro atoms. The molecule has 4 rings (SSSR count). The third kappa shape index (κ3) is 9.92. The van der Waals surface area contributed by atoms with E-state index in [1.807, 2.05) is 20.8 Å². The van der Waals surface area contributed by atoms with Crippen molar-refractivity contribution in [3.8, 4) is 11.3 Å². The Hall–Kier alpha value is -3.65. The molecule has 1 fully saturated rings. The van der Waals surface area contributed by atoms with Gasteiger partial charge in [-0.05, 0) is 36.5 Å². The fraction of sp³-hybridized carbons (Fsp3) is 0.545. The molecule has 3 N–H and O–H groups in total. The van der Waals surface area contributed by atoms with Crippen LogP contribution in [0.1, 0.15) is 58.3 Å². The third-order valence-electron chi connectivity index (χ3n) is 8.19. The Kier molecular flexibility index (Phi) is 12.7. The van der Waals surface area contributed by atoms with E-state index in [1.54, 1.807) is 4.90 Å². The first kappa shape index (κ1) is 36.2. The van der Waals surface area contributed by atoms with E-state index in [9.17, 15) is 32.3 Å². The second-order valence-corrected chi connectivity index (χ2v) is 14.0. The van der Waals surface area contributed by atoms with Gasteiger partial charge in [0.2, 0.25) is 11.8 Å². The summed E-state index contributed by atoms with van der Waals surface area (Å²) in [5, 5.41) is 5.89. The number of H-pyrrole nitrogens is 1. The predicted molar refractivity (Wildman–Crippen MR) is 174 cm³/mol. The normalized spacial score (nSPS) is 18.6. The molecule has 14 heteroatoms. The number of nitrogens with one attached hydrogen (secondary N) is 3. The molecule has 1 aromatic heterocycles. The molecule has 47 heavy (non-hydrogen) atoms. The lowest BCUT2D eigenvalue weighted by Gasteiger charge is -2.40. The Morgan fingerprint density at radius 2 is 1.87 bits per heavy atom. The highest BCUT2D eigenvalue weighted by atomic mass is 32.2. The number of rotatable bonds is 16. The summed E-state index contributed by atoms with van der Waals surface area (Å²) >= 11 is 1.35. The minimum Gasteiger partial charge on any atom is -0.355 e. The number of aromatic amines is 1. The molecule has 10 nitrogen and oxygen atoms in total. The van der Waals surface area contributed by atoms with Crippen LogP contribution in [0.15, 0.2) is 36.5 Å². The van der Waals surface area contributed by atoms with Crippen LogP contribution < -0.4 is 10.6 Å². The average molecular weight is 677 g/mol. The number of benzene rings is 1.